The van der Waals surface area contributed by atoms with Gasteiger partial charge in [-0.2, -0.15) is 0 Å². The van der Waals surface area contributed by atoms with Crippen LogP contribution in [0.2, 0.25) is 0 Å². The highest BCUT2D eigenvalue weighted by molar-refractivity contribution is 5.43. The van der Waals surface area contributed by atoms with Crippen molar-refractivity contribution in [3.05, 3.63) is 59.2 Å². The molecule has 5 nitrogen and oxygen atoms in total. The smallest absolute Gasteiger partial charge is 0.161 e. The number of nitrogens with one attached hydrogen (secondary N) is 1. The lowest BCUT2D eigenvalue weighted by molar-refractivity contribution is 0.0553. The molecule has 2 aromatic carbocycles. The molecule has 0 heterocycles. The van der Waals surface area contributed by atoms with Crippen molar-refractivity contribution in [3.8, 4) is 11.5 Å². The lowest BCUT2D eigenvalue weighted by Crippen LogP contribution is -2.40. The van der Waals surface area contributed by atoms with E-state index in [1.165, 1.54) is 43.2 Å². The van der Waals surface area contributed by atoms with Gasteiger partial charge in [-0.1, -0.05) is 49.6 Å². The van der Waals surface area contributed by atoms with Crippen molar-refractivity contribution >= 4 is 0 Å². The van der Waals surface area contributed by atoms with Gasteiger partial charge in [0.05, 0.1) is 7.11 Å². The largest absolute Gasteiger partial charge is 0.493 e. The Labute approximate surface area is 187 Å². The predicted octanol–water partition coefficient (Wildman–Crippen LogP) is 4.30. The van der Waals surface area contributed by atoms with Crippen molar-refractivity contribution in [2.45, 2.75) is 64.3 Å². The zero-order valence-electron chi connectivity index (χ0n) is 19.3. The Morgan fingerprint density at radius 1 is 1.06 bits per heavy atom. The first-order chi connectivity index (χ1) is 15.1. The van der Waals surface area contributed by atoms with E-state index >= 15 is 0 Å². The highest BCUT2D eigenvalue weighted by Gasteiger charge is 2.20. The van der Waals surface area contributed by atoms with Gasteiger partial charge >= 0.3 is 0 Å². The van der Waals surface area contributed by atoms with Crippen LogP contribution in [0.1, 0.15) is 48.8 Å². The second-order valence-electron chi connectivity index (χ2n) is 8.71. The van der Waals surface area contributed by atoms with E-state index in [0.29, 0.717) is 24.1 Å². The Morgan fingerprint density at radius 3 is 2.58 bits per heavy atom. The van der Waals surface area contributed by atoms with Crippen molar-refractivity contribution in [2.24, 2.45) is 0 Å². The Bertz CT molecular complexity index is 805. The molecular formula is C26H38N2O3. The van der Waals surface area contributed by atoms with Crippen molar-refractivity contribution in [1.29, 1.82) is 0 Å². The number of hydrogen-bond acceptors (Lipinski definition) is 5. The monoisotopic (exact) mass is 426 g/mol. The quantitative estimate of drug-likeness (QED) is 0.561. The van der Waals surface area contributed by atoms with Crippen LogP contribution in [-0.4, -0.2) is 49.5 Å². The first kappa shape index (κ1) is 23.6. The molecule has 5 heteroatoms. The maximum absolute atomic E-state index is 10.5. The third-order valence-electron chi connectivity index (χ3n) is 6.26. The molecule has 1 aliphatic carbocycles. The van der Waals surface area contributed by atoms with E-state index < -0.39 is 6.10 Å². The predicted molar refractivity (Wildman–Crippen MR) is 126 cm³/mol. The maximum atomic E-state index is 10.5. The highest BCUT2D eigenvalue weighted by Crippen LogP contribution is 2.28. The molecule has 3 rings (SSSR count). The van der Waals surface area contributed by atoms with Crippen LogP contribution in [0.3, 0.4) is 0 Å². The topological polar surface area (TPSA) is 54.0 Å². The molecule has 1 fully saturated rings. The van der Waals surface area contributed by atoms with Crippen molar-refractivity contribution in [1.82, 2.24) is 10.2 Å². The summed E-state index contributed by atoms with van der Waals surface area (Å²) >= 11 is 0. The molecule has 0 aliphatic heterocycles. The van der Waals surface area contributed by atoms with Crippen LogP contribution in [0, 0.1) is 6.92 Å². The number of likely N-dealkylation sites (N-methyl/N-ethyl adjacent to an activating group) is 1. The van der Waals surface area contributed by atoms with Gasteiger partial charge in [0, 0.05) is 25.7 Å². The first-order valence-corrected chi connectivity index (χ1v) is 11.5. The van der Waals surface area contributed by atoms with Crippen LogP contribution in [-0.2, 0) is 13.1 Å². The number of aryl methyl sites for hydroxylation is 1. The van der Waals surface area contributed by atoms with E-state index in [0.717, 1.165) is 18.7 Å². The number of ether oxygens (including phenoxy) is 2. The van der Waals surface area contributed by atoms with Gasteiger partial charge in [-0.15, -0.1) is 0 Å². The lowest BCUT2D eigenvalue weighted by atomic mass is 9.94. The Morgan fingerprint density at radius 2 is 1.84 bits per heavy atom. The van der Waals surface area contributed by atoms with Gasteiger partial charge in [-0.05, 0) is 55.6 Å². The minimum Gasteiger partial charge on any atom is -0.493 e. The zero-order valence-corrected chi connectivity index (χ0v) is 19.3. The molecule has 1 unspecified atom stereocenters. The minimum atomic E-state index is -0.521. The van der Waals surface area contributed by atoms with E-state index in [1.807, 2.05) is 18.2 Å². The van der Waals surface area contributed by atoms with Gasteiger partial charge in [0.2, 0.25) is 0 Å². The third kappa shape index (κ3) is 7.23. The van der Waals surface area contributed by atoms with E-state index in [2.05, 4.69) is 48.5 Å². The summed E-state index contributed by atoms with van der Waals surface area (Å²) in [5, 5.41) is 13.9. The minimum absolute atomic E-state index is 0.262. The second kappa shape index (κ2) is 12.1. The van der Waals surface area contributed by atoms with E-state index in [4.69, 9.17) is 9.47 Å². The Kier molecular flexibility index (Phi) is 9.19. The molecule has 2 aromatic rings. The molecule has 1 saturated carbocycles. The fourth-order valence-corrected chi connectivity index (χ4v) is 4.33. The average molecular weight is 427 g/mol. The van der Waals surface area contributed by atoms with Crippen LogP contribution >= 0.6 is 0 Å². The SMILES string of the molecule is COc1cc(CNCc2ccccc2C)ccc1OCC(O)CN(C)C1CCCCC1. The summed E-state index contributed by atoms with van der Waals surface area (Å²) in [6.07, 6.45) is 5.88. The molecule has 1 aliphatic rings. The van der Waals surface area contributed by atoms with Crippen LogP contribution < -0.4 is 14.8 Å². The van der Waals surface area contributed by atoms with E-state index in [9.17, 15) is 5.11 Å². The van der Waals surface area contributed by atoms with Crippen molar-refractivity contribution < 1.29 is 14.6 Å². The molecule has 0 spiro atoms. The molecule has 0 radical (unpaired) electrons. The number of aliphatic hydroxyl groups is 1. The van der Waals surface area contributed by atoms with Gasteiger partial charge in [0.15, 0.2) is 11.5 Å². The molecular weight excluding hydrogens is 388 g/mol. The van der Waals surface area contributed by atoms with Gasteiger partial charge in [0.25, 0.3) is 0 Å². The highest BCUT2D eigenvalue weighted by atomic mass is 16.5. The molecule has 0 bridgehead atoms. The van der Waals surface area contributed by atoms with Crippen molar-refractivity contribution in [3.63, 3.8) is 0 Å². The normalized spacial score (nSPS) is 15.8. The Hall–Kier alpha value is -2.08. The number of rotatable bonds is 11. The van der Waals surface area contributed by atoms with Crippen LogP contribution in [0.15, 0.2) is 42.5 Å². The standard InChI is InChI=1S/C26H38N2O3/c1-20-9-7-8-10-22(20)17-27-16-21-13-14-25(26(15-21)30-3)31-19-24(29)18-28(2)23-11-5-4-6-12-23/h7-10,13-15,23-24,27,29H,4-6,11-12,16-19H2,1-3H3. The summed E-state index contributed by atoms with van der Waals surface area (Å²) in [5.41, 5.74) is 3.74. The van der Waals surface area contributed by atoms with Crippen molar-refractivity contribution in [2.75, 3.05) is 27.3 Å². The molecule has 0 amide bonds. The number of aliphatic hydroxyl groups excluding tert-OH is 1. The molecule has 1 atom stereocenters. The summed E-state index contributed by atoms with van der Waals surface area (Å²) in [4.78, 5) is 2.29. The average Bonchev–Trinajstić information content (AvgIpc) is 2.79. The van der Waals surface area contributed by atoms with Gasteiger partial charge < -0.3 is 24.8 Å². The lowest BCUT2D eigenvalue weighted by Gasteiger charge is -2.32. The molecule has 0 saturated heterocycles. The summed E-state index contributed by atoms with van der Waals surface area (Å²) < 4.78 is 11.4. The number of methoxy groups -OCH3 is 1. The molecule has 0 aromatic heterocycles. The van der Waals surface area contributed by atoms with Crippen LogP contribution in [0.4, 0.5) is 0 Å². The maximum Gasteiger partial charge on any atom is 0.161 e. The first-order valence-electron chi connectivity index (χ1n) is 11.5. The summed E-state index contributed by atoms with van der Waals surface area (Å²) in [6, 6.07) is 15.0. The summed E-state index contributed by atoms with van der Waals surface area (Å²) in [7, 11) is 3.76. The van der Waals surface area contributed by atoms with Crippen LogP contribution in [0.25, 0.3) is 0 Å². The molecule has 31 heavy (non-hydrogen) atoms. The number of benzene rings is 2. The molecule has 2 N–H and O–H groups in total. The second-order valence-corrected chi connectivity index (χ2v) is 8.71. The van der Waals surface area contributed by atoms with Gasteiger partial charge in [-0.25, -0.2) is 0 Å². The van der Waals surface area contributed by atoms with E-state index in [1.54, 1.807) is 7.11 Å². The van der Waals surface area contributed by atoms with Gasteiger partial charge in [0.1, 0.15) is 12.7 Å². The fraction of sp³-hybridized carbons (Fsp3) is 0.538. The summed E-state index contributed by atoms with van der Waals surface area (Å²) in [6.45, 7) is 4.60. The van der Waals surface area contributed by atoms with Gasteiger partial charge in [-0.3, -0.25) is 0 Å². The number of hydrogen-bond donors (Lipinski definition) is 2. The van der Waals surface area contributed by atoms with Crippen LogP contribution in [0.5, 0.6) is 11.5 Å². The fourth-order valence-electron chi connectivity index (χ4n) is 4.33. The van der Waals surface area contributed by atoms with E-state index in [-0.39, 0.29) is 6.61 Å². The third-order valence-corrected chi connectivity index (χ3v) is 6.26. The summed E-state index contributed by atoms with van der Waals surface area (Å²) in [5.74, 6) is 1.37. The Balaban J connectivity index is 1.47. The zero-order chi connectivity index (χ0) is 22.1. The molecule has 170 valence electrons. The number of nitrogens with zero attached hydrogens (tertiary/aromatic N) is 1.